The number of nitrogens with zero attached hydrogens (tertiary/aromatic N) is 3. The van der Waals surface area contributed by atoms with E-state index in [4.69, 9.17) is 0 Å². The van der Waals surface area contributed by atoms with E-state index in [0.717, 1.165) is 12.1 Å². The predicted octanol–water partition coefficient (Wildman–Crippen LogP) is 4.58. The average molecular weight is 391 g/mol. The van der Waals surface area contributed by atoms with Crippen LogP contribution in [0.2, 0.25) is 0 Å². The van der Waals surface area contributed by atoms with Crippen LogP contribution in [-0.2, 0) is 10.9 Å². The Balaban J connectivity index is 1.81. The molecule has 0 saturated heterocycles. The van der Waals surface area contributed by atoms with Crippen molar-refractivity contribution in [1.82, 2.24) is 15.0 Å². The van der Waals surface area contributed by atoms with E-state index in [-0.39, 0.29) is 5.56 Å². The monoisotopic (exact) mass is 391 g/mol. The molecular weight excluding hydrogens is 379 g/mol. The van der Waals surface area contributed by atoms with Crippen molar-refractivity contribution >= 4 is 29.5 Å². The van der Waals surface area contributed by atoms with Gasteiger partial charge >= 0.3 is 12.1 Å². The molecule has 3 rings (SSSR count). The molecule has 0 aliphatic rings. The smallest absolute Gasteiger partial charge is 0.416 e. The zero-order valence-electron chi connectivity index (χ0n) is 13.9. The number of carbonyl (C=O) groups excluding carboxylic acids is 1. The van der Waals surface area contributed by atoms with Crippen molar-refractivity contribution in [1.29, 1.82) is 0 Å². The van der Waals surface area contributed by atoms with Gasteiger partial charge in [0.15, 0.2) is 0 Å². The molecule has 0 fully saturated rings. The molecule has 5 nitrogen and oxygen atoms in total. The molecule has 1 aromatic carbocycles. The third kappa shape index (κ3) is 4.37. The van der Waals surface area contributed by atoms with Crippen LogP contribution in [0, 0.1) is 0 Å². The Morgan fingerprint density at radius 2 is 1.93 bits per heavy atom. The van der Waals surface area contributed by atoms with Gasteiger partial charge in [-0.05, 0) is 24.3 Å². The molecule has 2 aromatic heterocycles. The number of carbonyl (C=O) groups is 1. The molecule has 3 aromatic rings. The molecule has 0 N–H and O–H groups in total. The SMILES string of the molecule is COC(=O)c1cncnc1C=Cc1csc(-c2ccc(C(F)(F)F)cc2)n1. The normalized spacial score (nSPS) is 11.7. The highest BCUT2D eigenvalue weighted by molar-refractivity contribution is 7.13. The first-order valence-electron chi connectivity index (χ1n) is 7.58. The number of hydrogen-bond acceptors (Lipinski definition) is 6. The molecule has 0 aliphatic heterocycles. The van der Waals surface area contributed by atoms with Gasteiger partial charge in [0, 0.05) is 17.1 Å². The van der Waals surface area contributed by atoms with Gasteiger partial charge < -0.3 is 4.74 Å². The van der Waals surface area contributed by atoms with E-state index in [1.165, 1.54) is 43.1 Å². The summed E-state index contributed by atoms with van der Waals surface area (Å²) in [6.07, 6.45) is 1.54. The lowest BCUT2D eigenvalue weighted by Gasteiger charge is -2.06. The first kappa shape index (κ1) is 18.7. The number of methoxy groups -OCH3 is 1. The molecule has 0 aliphatic carbocycles. The molecule has 0 bridgehead atoms. The van der Waals surface area contributed by atoms with E-state index in [1.54, 1.807) is 17.5 Å². The number of benzene rings is 1. The second-order valence-corrected chi connectivity index (χ2v) is 6.16. The topological polar surface area (TPSA) is 65.0 Å². The highest BCUT2D eigenvalue weighted by Gasteiger charge is 2.30. The predicted molar refractivity (Wildman–Crippen MR) is 94.9 cm³/mol. The molecule has 0 atom stereocenters. The van der Waals surface area contributed by atoms with Crippen LogP contribution in [0.3, 0.4) is 0 Å². The van der Waals surface area contributed by atoms with Gasteiger partial charge in [-0.2, -0.15) is 13.2 Å². The summed E-state index contributed by atoms with van der Waals surface area (Å²) in [5.74, 6) is -0.557. The Kier molecular flexibility index (Phi) is 5.31. The minimum absolute atomic E-state index is 0.217. The van der Waals surface area contributed by atoms with E-state index < -0.39 is 17.7 Å². The molecule has 138 valence electrons. The summed E-state index contributed by atoms with van der Waals surface area (Å²) in [7, 11) is 1.26. The van der Waals surface area contributed by atoms with Gasteiger partial charge in [0.05, 0.1) is 24.1 Å². The number of aromatic nitrogens is 3. The number of hydrogen-bond donors (Lipinski definition) is 0. The van der Waals surface area contributed by atoms with Crippen LogP contribution in [0.5, 0.6) is 0 Å². The van der Waals surface area contributed by atoms with E-state index in [2.05, 4.69) is 19.7 Å². The van der Waals surface area contributed by atoms with E-state index in [0.29, 0.717) is 22.0 Å². The molecule has 9 heteroatoms. The maximum absolute atomic E-state index is 12.6. The summed E-state index contributed by atoms with van der Waals surface area (Å²) in [4.78, 5) is 23.9. The number of thiazole rings is 1. The fourth-order valence-corrected chi connectivity index (χ4v) is 2.99. The van der Waals surface area contributed by atoms with Crippen molar-refractivity contribution < 1.29 is 22.7 Å². The van der Waals surface area contributed by atoms with Gasteiger partial charge in [-0.1, -0.05) is 12.1 Å². The van der Waals surface area contributed by atoms with E-state index in [1.807, 2.05) is 0 Å². The van der Waals surface area contributed by atoms with Crippen molar-refractivity contribution in [3.63, 3.8) is 0 Å². The Morgan fingerprint density at radius 3 is 2.59 bits per heavy atom. The maximum atomic E-state index is 12.6. The second kappa shape index (κ2) is 7.67. The molecule has 0 spiro atoms. The van der Waals surface area contributed by atoms with Crippen molar-refractivity contribution in [2.75, 3.05) is 7.11 Å². The summed E-state index contributed by atoms with van der Waals surface area (Å²) in [5.41, 5.74) is 1.06. The van der Waals surface area contributed by atoms with Crippen LogP contribution < -0.4 is 0 Å². The lowest BCUT2D eigenvalue weighted by Crippen LogP contribution is -2.05. The molecular formula is C18H12F3N3O2S. The average Bonchev–Trinajstić information content (AvgIpc) is 3.14. The Labute approximate surface area is 156 Å². The first-order chi connectivity index (χ1) is 12.9. The summed E-state index contributed by atoms with van der Waals surface area (Å²) >= 11 is 1.30. The summed E-state index contributed by atoms with van der Waals surface area (Å²) in [6, 6.07) is 4.81. The maximum Gasteiger partial charge on any atom is 0.416 e. The summed E-state index contributed by atoms with van der Waals surface area (Å²) < 4.78 is 42.6. The van der Waals surface area contributed by atoms with Crippen molar-refractivity contribution in [3.05, 3.63) is 64.7 Å². The van der Waals surface area contributed by atoms with Crippen molar-refractivity contribution in [3.8, 4) is 10.6 Å². The Hall–Kier alpha value is -3.07. The highest BCUT2D eigenvalue weighted by atomic mass is 32.1. The summed E-state index contributed by atoms with van der Waals surface area (Å²) in [5, 5.41) is 2.34. The fourth-order valence-electron chi connectivity index (χ4n) is 2.20. The summed E-state index contributed by atoms with van der Waals surface area (Å²) in [6.45, 7) is 0. The number of alkyl halides is 3. The van der Waals surface area contributed by atoms with Gasteiger partial charge in [0.1, 0.15) is 16.9 Å². The van der Waals surface area contributed by atoms with Crippen LogP contribution in [-0.4, -0.2) is 28.0 Å². The molecule has 0 unspecified atom stereocenters. The van der Waals surface area contributed by atoms with Crippen LogP contribution in [0.25, 0.3) is 22.7 Å². The van der Waals surface area contributed by atoms with Gasteiger partial charge in [0.25, 0.3) is 0 Å². The van der Waals surface area contributed by atoms with Crippen LogP contribution in [0.4, 0.5) is 13.2 Å². The number of halogens is 3. The zero-order chi connectivity index (χ0) is 19.4. The van der Waals surface area contributed by atoms with E-state index in [9.17, 15) is 18.0 Å². The Morgan fingerprint density at radius 1 is 1.19 bits per heavy atom. The van der Waals surface area contributed by atoms with E-state index >= 15 is 0 Å². The quantitative estimate of drug-likeness (QED) is 0.610. The minimum Gasteiger partial charge on any atom is -0.465 e. The number of rotatable bonds is 4. The third-order valence-electron chi connectivity index (χ3n) is 3.54. The fraction of sp³-hybridized carbons (Fsp3) is 0.111. The van der Waals surface area contributed by atoms with Crippen LogP contribution >= 0.6 is 11.3 Å². The lowest BCUT2D eigenvalue weighted by atomic mass is 10.1. The minimum atomic E-state index is -4.37. The van der Waals surface area contributed by atoms with Gasteiger partial charge in [-0.25, -0.2) is 19.7 Å². The molecule has 2 heterocycles. The number of ether oxygens (including phenoxy) is 1. The molecule has 0 radical (unpaired) electrons. The molecule has 27 heavy (non-hydrogen) atoms. The van der Waals surface area contributed by atoms with Crippen molar-refractivity contribution in [2.24, 2.45) is 0 Å². The standard InChI is InChI=1S/C18H12F3N3O2S/c1-26-17(25)14-8-22-10-23-15(14)7-6-13-9-27-16(24-13)11-2-4-12(5-3-11)18(19,20)21/h2-10H,1H3. The lowest BCUT2D eigenvalue weighted by molar-refractivity contribution is -0.137. The van der Waals surface area contributed by atoms with Gasteiger partial charge in [0.2, 0.25) is 0 Å². The van der Waals surface area contributed by atoms with Gasteiger partial charge in [-0.15, -0.1) is 11.3 Å². The largest absolute Gasteiger partial charge is 0.465 e. The molecule has 0 amide bonds. The second-order valence-electron chi connectivity index (χ2n) is 5.30. The Bertz CT molecular complexity index is 982. The number of esters is 1. The third-order valence-corrected chi connectivity index (χ3v) is 4.45. The van der Waals surface area contributed by atoms with Crippen LogP contribution in [0.1, 0.15) is 27.3 Å². The molecule has 0 saturated carbocycles. The highest BCUT2D eigenvalue weighted by Crippen LogP contribution is 2.32. The van der Waals surface area contributed by atoms with Crippen molar-refractivity contribution in [2.45, 2.75) is 6.18 Å². The first-order valence-corrected chi connectivity index (χ1v) is 8.46. The zero-order valence-corrected chi connectivity index (χ0v) is 14.7. The van der Waals surface area contributed by atoms with Crippen LogP contribution in [0.15, 0.2) is 42.2 Å². The van der Waals surface area contributed by atoms with Gasteiger partial charge in [-0.3, -0.25) is 0 Å².